The van der Waals surface area contributed by atoms with E-state index in [0.29, 0.717) is 19.0 Å². The molecule has 0 spiro atoms. The zero-order chi connectivity index (χ0) is 19.7. The monoisotopic (exact) mass is 409 g/mol. The van der Waals surface area contributed by atoms with Crippen LogP contribution >= 0.6 is 11.3 Å². The summed E-state index contributed by atoms with van der Waals surface area (Å²) < 4.78 is 38.8. The maximum Gasteiger partial charge on any atom is 0.416 e. The van der Waals surface area contributed by atoms with Gasteiger partial charge in [0, 0.05) is 30.5 Å². The highest BCUT2D eigenvalue weighted by Crippen LogP contribution is 2.38. The molecule has 1 saturated carbocycles. The smallest absolute Gasteiger partial charge is 0.338 e. The van der Waals surface area contributed by atoms with E-state index >= 15 is 0 Å². The van der Waals surface area contributed by atoms with Crippen LogP contribution in [-0.2, 0) is 6.18 Å². The van der Waals surface area contributed by atoms with Crippen LogP contribution in [-0.4, -0.2) is 34.1 Å². The first-order valence-electron chi connectivity index (χ1n) is 9.71. The van der Waals surface area contributed by atoms with Gasteiger partial charge < -0.3 is 4.90 Å². The molecule has 8 heteroatoms. The third-order valence-electron chi connectivity index (χ3n) is 5.66. The lowest BCUT2D eigenvalue weighted by molar-refractivity contribution is -0.137. The van der Waals surface area contributed by atoms with Crippen molar-refractivity contribution in [3.8, 4) is 0 Å². The van der Waals surface area contributed by atoms with Crippen LogP contribution in [0.4, 0.5) is 13.2 Å². The van der Waals surface area contributed by atoms with E-state index in [0.717, 1.165) is 35.0 Å². The van der Waals surface area contributed by atoms with Crippen LogP contribution in [0.5, 0.6) is 0 Å². The Balaban J connectivity index is 1.47. The number of carbonyl (C=O) groups is 1. The van der Waals surface area contributed by atoms with Crippen molar-refractivity contribution in [2.24, 2.45) is 0 Å². The van der Waals surface area contributed by atoms with Crippen molar-refractivity contribution in [2.45, 2.75) is 56.5 Å². The van der Waals surface area contributed by atoms with Crippen LogP contribution in [0.2, 0.25) is 0 Å². The number of alkyl halides is 3. The van der Waals surface area contributed by atoms with E-state index in [1.54, 1.807) is 16.2 Å². The van der Waals surface area contributed by atoms with Gasteiger partial charge in [0.2, 0.25) is 0 Å². The molecular weight excluding hydrogens is 387 g/mol. The molecule has 28 heavy (non-hydrogen) atoms. The minimum atomic E-state index is -4.45. The summed E-state index contributed by atoms with van der Waals surface area (Å²) in [7, 11) is 0. The van der Waals surface area contributed by atoms with Gasteiger partial charge in [0.05, 0.1) is 5.56 Å². The number of hydrogen-bond acceptors (Lipinski definition) is 4. The molecule has 2 aromatic rings. The molecule has 0 N–H and O–H groups in total. The normalized spacial score (nSPS) is 21.2. The molecule has 2 aliphatic rings. The fourth-order valence-electron chi connectivity index (χ4n) is 4.12. The molecule has 1 aromatic carbocycles. The van der Waals surface area contributed by atoms with Gasteiger partial charge in [-0.2, -0.15) is 13.2 Å². The maximum atomic E-state index is 12.9. The van der Waals surface area contributed by atoms with Gasteiger partial charge in [-0.15, -0.1) is 21.5 Å². The Morgan fingerprint density at radius 2 is 1.71 bits per heavy atom. The lowest BCUT2D eigenvalue weighted by Crippen LogP contribution is -2.39. The van der Waals surface area contributed by atoms with E-state index in [9.17, 15) is 18.0 Å². The van der Waals surface area contributed by atoms with Gasteiger partial charge in [-0.3, -0.25) is 4.79 Å². The Morgan fingerprint density at radius 1 is 1.04 bits per heavy atom. The second-order valence-corrected chi connectivity index (χ2v) is 8.67. The standard InChI is InChI=1S/C20H22F3N3OS/c21-20(22,23)16-9-3-7-14(11-16)19(27)26-10-4-8-15(12-26)18-25-24-17(28-18)13-5-1-2-6-13/h3,7,9,11,13,15H,1-2,4-6,8,10,12H2. The number of nitrogens with zero attached hydrogens (tertiary/aromatic N) is 3. The van der Waals surface area contributed by atoms with Crippen molar-refractivity contribution in [1.82, 2.24) is 15.1 Å². The molecule has 1 atom stereocenters. The summed E-state index contributed by atoms with van der Waals surface area (Å²) in [6.45, 7) is 1.04. The van der Waals surface area contributed by atoms with Gasteiger partial charge in [0.15, 0.2) is 0 Å². The maximum absolute atomic E-state index is 12.9. The van der Waals surface area contributed by atoms with Crippen LogP contribution in [0.1, 0.15) is 76.3 Å². The Labute approximate surface area is 165 Å². The summed E-state index contributed by atoms with van der Waals surface area (Å²) in [5.74, 6) is 0.269. The highest BCUT2D eigenvalue weighted by molar-refractivity contribution is 7.11. The summed E-state index contributed by atoms with van der Waals surface area (Å²) in [5.41, 5.74) is -0.711. The zero-order valence-corrected chi connectivity index (χ0v) is 16.2. The Hall–Kier alpha value is -1.96. The van der Waals surface area contributed by atoms with Crippen molar-refractivity contribution >= 4 is 17.2 Å². The first kappa shape index (κ1) is 19.4. The molecule has 2 fully saturated rings. The number of likely N-dealkylation sites (tertiary alicyclic amines) is 1. The van der Waals surface area contributed by atoms with Gasteiger partial charge in [-0.25, -0.2) is 0 Å². The number of hydrogen-bond donors (Lipinski definition) is 0. The summed E-state index contributed by atoms with van der Waals surface area (Å²) >= 11 is 1.64. The van der Waals surface area contributed by atoms with Crippen molar-refractivity contribution in [3.63, 3.8) is 0 Å². The van der Waals surface area contributed by atoms with Crippen molar-refractivity contribution < 1.29 is 18.0 Å². The molecular formula is C20H22F3N3OS. The fourth-order valence-corrected chi connectivity index (χ4v) is 5.26. The molecule has 0 bridgehead atoms. The molecule has 1 unspecified atom stereocenters. The molecule has 150 valence electrons. The number of rotatable bonds is 3. The molecule has 4 nitrogen and oxygen atoms in total. The summed E-state index contributed by atoms with van der Waals surface area (Å²) in [6, 6.07) is 4.66. The highest BCUT2D eigenvalue weighted by atomic mass is 32.1. The molecule has 1 aliphatic carbocycles. The first-order chi connectivity index (χ1) is 13.4. The molecule has 1 amide bonds. The lowest BCUT2D eigenvalue weighted by atomic mass is 9.98. The topological polar surface area (TPSA) is 46.1 Å². The lowest BCUT2D eigenvalue weighted by Gasteiger charge is -2.31. The van der Waals surface area contributed by atoms with Gasteiger partial charge in [-0.1, -0.05) is 18.9 Å². The van der Waals surface area contributed by atoms with E-state index < -0.39 is 11.7 Å². The second-order valence-electron chi connectivity index (χ2n) is 7.63. The van der Waals surface area contributed by atoms with E-state index in [-0.39, 0.29) is 17.4 Å². The summed E-state index contributed by atoms with van der Waals surface area (Å²) in [6.07, 6.45) is 2.09. The predicted octanol–water partition coefficient (Wildman–Crippen LogP) is 5.23. The Bertz CT molecular complexity index is 845. The van der Waals surface area contributed by atoms with Crippen LogP contribution in [0.15, 0.2) is 24.3 Å². The molecule has 4 rings (SSSR count). The molecule has 1 saturated heterocycles. The first-order valence-corrected chi connectivity index (χ1v) is 10.5. The minimum absolute atomic E-state index is 0.0828. The highest BCUT2D eigenvalue weighted by Gasteiger charge is 2.33. The molecule has 2 heterocycles. The number of carbonyl (C=O) groups excluding carboxylic acids is 1. The van der Waals surface area contributed by atoms with Crippen molar-refractivity contribution in [1.29, 1.82) is 0 Å². The number of amides is 1. The molecule has 0 radical (unpaired) electrons. The quantitative estimate of drug-likeness (QED) is 0.697. The van der Waals surface area contributed by atoms with Crippen molar-refractivity contribution in [3.05, 3.63) is 45.4 Å². The van der Waals surface area contributed by atoms with E-state index in [2.05, 4.69) is 10.2 Å². The van der Waals surface area contributed by atoms with Gasteiger partial charge >= 0.3 is 6.18 Å². The number of piperidine rings is 1. The van der Waals surface area contributed by atoms with E-state index in [1.165, 1.54) is 37.8 Å². The average molecular weight is 409 g/mol. The SMILES string of the molecule is O=C(c1cccc(C(F)(F)F)c1)N1CCCC(c2nnc(C3CCCC3)s2)C1. The number of aromatic nitrogens is 2. The zero-order valence-electron chi connectivity index (χ0n) is 15.4. The van der Waals surface area contributed by atoms with Crippen LogP contribution in [0, 0.1) is 0 Å². The van der Waals surface area contributed by atoms with Gasteiger partial charge in [-0.05, 0) is 43.9 Å². The molecule has 1 aliphatic heterocycles. The fraction of sp³-hybridized carbons (Fsp3) is 0.550. The van der Waals surface area contributed by atoms with Crippen LogP contribution < -0.4 is 0 Å². The van der Waals surface area contributed by atoms with Crippen molar-refractivity contribution in [2.75, 3.05) is 13.1 Å². The third kappa shape index (κ3) is 4.06. The largest absolute Gasteiger partial charge is 0.416 e. The van der Waals surface area contributed by atoms with Crippen LogP contribution in [0.25, 0.3) is 0 Å². The average Bonchev–Trinajstić information content (AvgIpc) is 3.38. The molecule has 1 aromatic heterocycles. The summed E-state index contributed by atoms with van der Waals surface area (Å²) in [5, 5.41) is 10.8. The van der Waals surface area contributed by atoms with E-state index in [4.69, 9.17) is 0 Å². The minimum Gasteiger partial charge on any atom is -0.338 e. The van der Waals surface area contributed by atoms with Gasteiger partial charge in [0.25, 0.3) is 5.91 Å². The number of benzene rings is 1. The Kier molecular flexibility index (Phi) is 5.40. The Morgan fingerprint density at radius 3 is 2.43 bits per heavy atom. The van der Waals surface area contributed by atoms with Gasteiger partial charge in [0.1, 0.15) is 10.0 Å². The predicted molar refractivity (Wildman–Crippen MR) is 100 cm³/mol. The van der Waals surface area contributed by atoms with Crippen LogP contribution in [0.3, 0.4) is 0 Å². The van der Waals surface area contributed by atoms with E-state index in [1.807, 2.05) is 0 Å². The third-order valence-corrected chi connectivity index (χ3v) is 6.90. The number of halogens is 3. The summed E-state index contributed by atoms with van der Waals surface area (Å²) in [4.78, 5) is 14.4. The second kappa shape index (κ2) is 7.81.